The minimum absolute atomic E-state index is 0.692. The maximum atomic E-state index is 6.60. The molecule has 2 aliphatic rings. The van der Waals surface area contributed by atoms with Crippen LogP contribution < -0.4 is 46.2 Å². The van der Waals surface area contributed by atoms with Crippen LogP contribution in [0, 0.1) is 0 Å². The van der Waals surface area contributed by atoms with Gasteiger partial charge < -0.3 is 4.74 Å². The molecule has 0 atom stereocenters. The normalized spacial score (nSPS) is 15.2. The molecular weight excluding hydrogens is 540 g/mol. The molecule has 2 heterocycles. The largest absolute Gasteiger partial charge is 0.457 e. The molecule has 40 heavy (non-hydrogen) atoms. The van der Waals surface area contributed by atoms with Crippen molar-refractivity contribution in [2.24, 2.45) is 0 Å². The molecule has 8 rings (SSSR count). The molecule has 1 spiro atoms. The molecule has 1 nitrogen and oxygen atoms in total. The average molecular weight is 565 g/mol. The van der Waals surface area contributed by atoms with Crippen LogP contribution in [-0.4, -0.2) is 16.1 Å². The second-order valence-electron chi connectivity index (χ2n) is 10.6. The van der Waals surface area contributed by atoms with Crippen LogP contribution in [0.5, 0.6) is 11.5 Å². The highest BCUT2D eigenvalue weighted by Gasteiger charge is 2.58. The highest BCUT2D eigenvalue weighted by atomic mass is 35.5. The average Bonchev–Trinajstić information content (AvgIpc) is 3.02. The Bertz CT molecular complexity index is 1810. The van der Waals surface area contributed by atoms with Gasteiger partial charge in [0.25, 0.3) is 0 Å². The van der Waals surface area contributed by atoms with Crippen LogP contribution in [0.1, 0.15) is 0 Å². The summed E-state index contributed by atoms with van der Waals surface area (Å²) in [6.45, 7) is 0. The molecule has 0 saturated heterocycles. The smallest absolute Gasteiger partial charge is 0.188 e. The lowest BCUT2D eigenvalue weighted by atomic mass is 10.3. The Balaban J connectivity index is 1.62. The lowest BCUT2D eigenvalue weighted by Gasteiger charge is -2.50. The van der Waals surface area contributed by atoms with E-state index in [-0.39, 0.29) is 0 Å². The van der Waals surface area contributed by atoms with Crippen LogP contribution in [0.25, 0.3) is 0 Å². The molecule has 6 aromatic rings. The van der Waals surface area contributed by atoms with E-state index < -0.39 is 16.1 Å². The van der Waals surface area contributed by atoms with E-state index in [4.69, 9.17) is 16.3 Å². The van der Waals surface area contributed by atoms with Crippen molar-refractivity contribution in [1.82, 2.24) is 0 Å². The van der Waals surface area contributed by atoms with Gasteiger partial charge in [0.2, 0.25) is 0 Å². The number of fused-ring (bicyclic) bond motifs is 8. The Morgan fingerprint density at radius 3 is 1.35 bits per heavy atom. The van der Waals surface area contributed by atoms with Gasteiger partial charge in [-0.1, -0.05) is 145 Å². The Kier molecular flexibility index (Phi) is 5.29. The van der Waals surface area contributed by atoms with Gasteiger partial charge in [0.15, 0.2) is 16.1 Å². The Hall–Kier alpha value is -4.16. The fraction of sp³-hybridized carbons (Fsp3) is 0. The third-order valence-corrected chi connectivity index (χ3v) is 19.3. The molecule has 0 fully saturated rings. The van der Waals surface area contributed by atoms with Crippen LogP contribution in [0.4, 0.5) is 0 Å². The van der Waals surface area contributed by atoms with Gasteiger partial charge in [0, 0.05) is 5.02 Å². The van der Waals surface area contributed by atoms with E-state index in [1.807, 2.05) is 12.1 Å². The van der Waals surface area contributed by atoms with E-state index in [0.717, 1.165) is 11.5 Å². The molecule has 0 aliphatic carbocycles. The zero-order valence-corrected chi connectivity index (χ0v) is 24.5. The zero-order chi connectivity index (χ0) is 26.7. The number of para-hydroxylation sites is 1. The minimum Gasteiger partial charge on any atom is -0.457 e. The van der Waals surface area contributed by atoms with Gasteiger partial charge in [-0.05, 0) is 59.7 Å². The van der Waals surface area contributed by atoms with Gasteiger partial charge in [0.05, 0.1) is 0 Å². The Morgan fingerprint density at radius 2 is 0.800 bits per heavy atom. The topological polar surface area (TPSA) is 9.23 Å². The summed E-state index contributed by atoms with van der Waals surface area (Å²) in [5, 5.41) is 11.9. The third kappa shape index (κ3) is 3.03. The predicted molar refractivity (Wildman–Crippen MR) is 172 cm³/mol. The van der Waals surface area contributed by atoms with Crippen molar-refractivity contribution in [1.29, 1.82) is 0 Å². The molecule has 0 unspecified atom stereocenters. The number of hydrogen-bond donors (Lipinski definition) is 0. The van der Waals surface area contributed by atoms with Crippen molar-refractivity contribution in [3.63, 3.8) is 0 Å². The SMILES string of the molecule is Clc1ccc2c(c1)Oc1ccccc1[Si]21c2ccccc2[Si](c2ccccc2)(c2ccccc2)c2ccccc21. The van der Waals surface area contributed by atoms with E-state index >= 15 is 0 Å². The van der Waals surface area contributed by atoms with E-state index in [1.54, 1.807) is 0 Å². The fourth-order valence-electron chi connectivity index (χ4n) is 7.33. The van der Waals surface area contributed by atoms with Gasteiger partial charge in [-0.15, -0.1) is 0 Å². The van der Waals surface area contributed by atoms with Gasteiger partial charge in [-0.25, -0.2) is 0 Å². The minimum atomic E-state index is -2.78. The molecule has 0 aromatic heterocycles. The summed E-state index contributed by atoms with van der Waals surface area (Å²) in [5.41, 5.74) is 0. The summed E-state index contributed by atoms with van der Waals surface area (Å²) >= 11 is 6.58. The van der Waals surface area contributed by atoms with Crippen LogP contribution in [-0.2, 0) is 0 Å². The molecule has 0 N–H and O–H groups in total. The summed E-state index contributed by atoms with van der Waals surface area (Å²) in [4.78, 5) is 0. The molecule has 0 bridgehead atoms. The third-order valence-electron chi connectivity index (χ3n) is 8.74. The lowest BCUT2D eigenvalue weighted by molar-refractivity contribution is 0.487. The summed E-state index contributed by atoms with van der Waals surface area (Å²) in [6.07, 6.45) is 0. The molecule has 6 aromatic carbocycles. The highest BCUT2D eigenvalue weighted by Crippen LogP contribution is 2.32. The number of halogens is 1. The molecule has 0 radical (unpaired) electrons. The van der Waals surface area contributed by atoms with Gasteiger partial charge >= 0.3 is 0 Å². The van der Waals surface area contributed by atoms with E-state index in [9.17, 15) is 0 Å². The van der Waals surface area contributed by atoms with E-state index in [1.165, 1.54) is 41.5 Å². The molecule has 0 saturated carbocycles. The van der Waals surface area contributed by atoms with Crippen molar-refractivity contribution in [3.8, 4) is 11.5 Å². The maximum absolute atomic E-state index is 6.60. The molecular formula is C36H25ClOSi2. The second kappa shape index (κ2) is 8.93. The fourth-order valence-corrected chi connectivity index (χ4v) is 19.7. The summed E-state index contributed by atoms with van der Waals surface area (Å²) in [7, 11) is -5.45. The van der Waals surface area contributed by atoms with Crippen LogP contribution in [0.2, 0.25) is 5.02 Å². The predicted octanol–water partition coefficient (Wildman–Crippen LogP) is 3.51. The van der Waals surface area contributed by atoms with Crippen molar-refractivity contribution in [3.05, 3.63) is 157 Å². The summed E-state index contributed by atoms with van der Waals surface area (Å²) < 4.78 is 6.60. The van der Waals surface area contributed by atoms with Crippen molar-refractivity contribution < 1.29 is 4.74 Å². The highest BCUT2D eigenvalue weighted by molar-refractivity contribution is 7.33. The number of rotatable bonds is 2. The van der Waals surface area contributed by atoms with Crippen molar-refractivity contribution >= 4 is 69.2 Å². The van der Waals surface area contributed by atoms with Gasteiger partial charge in [0.1, 0.15) is 11.5 Å². The van der Waals surface area contributed by atoms with Crippen molar-refractivity contribution in [2.75, 3.05) is 0 Å². The summed E-state index contributed by atoms with van der Waals surface area (Å²) in [6, 6.07) is 55.9. The van der Waals surface area contributed by atoms with E-state index in [2.05, 4.69) is 140 Å². The molecule has 4 heteroatoms. The second-order valence-corrected chi connectivity index (χ2v) is 18.4. The molecule has 0 amide bonds. The first-order valence-electron chi connectivity index (χ1n) is 13.6. The maximum Gasteiger partial charge on any atom is 0.188 e. The molecule has 2 aliphatic heterocycles. The first-order valence-corrected chi connectivity index (χ1v) is 18.0. The number of hydrogen-bond acceptors (Lipinski definition) is 1. The monoisotopic (exact) mass is 564 g/mol. The van der Waals surface area contributed by atoms with Crippen LogP contribution in [0.3, 0.4) is 0 Å². The first-order chi connectivity index (χ1) is 19.8. The van der Waals surface area contributed by atoms with Gasteiger partial charge in [-0.3, -0.25) is 0 Å². The van der Waals surface area contributed by atoms with Crippen LogP contribution >= 0.6 is 11.6 Å². The quantitative estimate of drug-likeness (QED) is 0.292. The number of ether oxygens (including phenoxy) is 1. The van der Waals surface area contributed by atoms with Gasteiger partial charge in [-0.2, -0.15) is 0 Å². The Morgan fingerprint density at radius 1 is 0.375 bits per heavy atom. The zero-order valence-electron chi connectivity index (χ0n) is 21.7. The summed E-state index contributed by atoms with van der Waals surface area (Å²) in [5.74, 6) is 1.80. The number of benzene rings is 6. The first kappa shape index (κ1) is 23.7. The lowest BCUT2D eigenvalue weighted by Crippen LogP contribution is -2.93. The van der Waals surface area contributed by atoms with Crippen LogP contribution in [0.15, 0.2) is 152 Å². The molecule has 190 valence electrons. The van der Waals surface area contributed by atoms with E-state index in [0.29, 0.717) is 5.02 Å². The van der Waals surface area contributed by atoms with Crippen molar-refractivity contribution in [2.45, 2.75) is 0 Å². The Labute approximate surface area is 241 Å². The standard InChI is InChI=1S/C36H25ClOSi2/c37-26-23-24-32-30(25-26)38-29-17-7-8-18-31(29)40(32)35-21-11-9-19-33(35)39(27-13-3-1-4-14-27,28-15-5-2-6-16-28)34-20-10-12-22-36(34)40/h1-25H.